The first kappa shape index (κ1) is 18.7. The van der Waals surface area contributed by atoms with Crippen molar-refractivity contribution in [3.63, 3.8) is 0 Å². The van der Waals surface area contributed by atoms with E-state index < -0.39 is 0 Å². The van der Waals surface area contributed by atoms with Crippen LogP contribution >= 0.6 is 0 Å². The van der Waals surface area contributed by atoms with E-state index in [0.29, 0.717) is 18.7 Å². The second kappa shape index (κ2) is 7.04. The molecule has 7 nitrogen and oxygen atoms in total. The SMILES string of the molecule is Cc1c(C2CCCN(C(=O)c3ccc(C)n(C)c3=O)C2)n2c(nc1=O)CCC2. The van der Waals surface area contributed by atoms with Crippen LogP contribution in [-0.2, 0) is 20.0 Å². The smallest absolute Gasteiger partial charge is 0.276 e. The zero-order valence-corrected chi connectivity index (χ0v) is 16.7. The number of nitrogens with zero attached hydrogens (tertiary/aromatic N) is 4. The highest BCUT2D eigenvalue weighted by Crippen LogP contribution is 2.31. The van der Waals surface area contributed by atoms with Gasteiger partial charge in [-0.3, -0.25) is 14.4 Å². The average Bonchev–Trinajstić information content (AvgIpc) is 3.14. The van der Waals surface area contributed by atoms with E-state index in [4.69, 9.17) is 0 Å². The van der Waals surface area contributed by atoms with E-state index in [9.17, 15) is 14.4 Å². The predicted octanol–water partition coefficient (Wildman–Crippen LogP) is 1.52. The number of hydrogen-bond acceptors (Lipinski definition) is 4. The van der Waals surface area contributed by atoms with Crippen molar-refractivity contribution in [3.8, 4) is 0 Å². The first-order chi connectivity index (χ1) is 13.4. The fourth-order valence-electron chi connectivity index (χ4n) is 4.52. The zero-order valence-electron chi connectivity index (χ0n) is 16.7. The fraction of sp³-hybridized carbons (Fsp3) is 0.524. The van der Waals surface area contributed by atoms with Crippen molar-refractivity contribution in [2.75, 3.05) is 13.1 Å². The molecule has 0 radical (unpaired) electrons. The molecule has 1 fully saturated rings. The summed E-state index contributed by atoms with van der Waals surface area (Å²) < 4.78 is 3.69. The van der Waals surface area contributed by atoms with Gasteiger partial charge in [0.2, 0.25) is 0 Å². The zero-order chi connectivity index (χ0) is 20.0. The molecule has 2 aliphatic rings. The van der Waals surface area contributed by atoms with Crippen LogP contribution in [0.2, 0.25) is 0 Å². The van der Waals surface area contributed by atoms with Gasteiger partial charge in [-0.25, -0.2) is 0 Å². The van der Waals surface area contributed by atoms with Crippen LogP contribution in [0.4, 0.5) is 0 Å². The molecule has 1 atom stereocenters. The third-order valence-electron chi connectivity index (χ3n) is 6.20. The number of carbonyl (C=O) groups excluding carboxylic acids is 1. The van der Waals surface area contributed by atoms with E-state index in [2.05, 4.69) is 9.55 Å². The molecule has 0 bridgehead atoms. The molecule has 7 heteroatoms. The van der Waals surface area contributed by atoms with Crippen molar-refractivity contribution in [2.24, 2.45) is 7.05 Å². The number of amides is 1. The second-order valence-corrected chi connectivity index (χ2v) is 7.94. The third-order valence-corrected chi connectivity index (χ3v) is 6.20. The number of pyridine rings is 1. The number of aromatic nitrogens is 3. The molecule has 0 spiro atoms. The molecule has 0 saturated carbocycles. The van der Waals surface area contributed by atoms with Gasteiger partial charge < -0.3 is 14.0 Å². The minimum absolute atomic E-state index is 0.0968. The van der Waals surface area contributed by atoms with E-state index in [1.54, 1.807) is 24.1 Å². The Labute approximate surface area is 163 Å². The molecule has 2 aromatic rings. The summed E-state index contributed by atoms with van der Waals surface area (Å²) in [6.45, 7) is 5.72. The van der Waals surface area contributed by atoms with Gasteiger partial charge in [0.1, 0.15) is 11.4 Å². The molecule has 4 rings (SSSR count). The lowest BCUT2D eigenvalue weighted by Crippen LogP contribution is -2.43. The summed E-state index contributed by atoms with van der Waals surface area (Å²) in [5.41, 5.74) is 2.34. The molecule has 28 heavy (non-hydrogen) atoms. The van der Waals surface area contributed by atoms with Crippen molar-refractivity contribution in [1.82, 2.24) is 19.0 Å². The molecule has 2 aromatic heterocycles. The number of carbonyl (C=O) groups is 1. The van der Waals surface area contributed by atoms with Crippen molar-refractivity contribution in [3.05, 3.63) is 61.2 Å². The Hall–Kier alpha value is -2.70. The van der Waals surface area contributed by atoms with Gasteiger partial charge in [0, 0.05) is 56.0 Å². The Morgan fingerprint density at radius 1 is 1.14 bits per heavy atom. The van der Waals surface area contributed by atoms with Crippen molar-refractivity contribution in [1.29, 1.82) is 0 Å². The summed E-state index contributed by atoms with van der Waals surface area (Å²) in [7, 11) is 1.68. The van der Waals surface area contributed by atoms with Crippen LogP contribution in [0.15, 0.2) is 21.7 Å². The second-order valence-electron chi connectivity index (χ2n) is 7.94. The third kappa shape index (κ3) is 2.99. The molecule has 1 saturated heterocycles. The lowest BCUT2D eigenvalue weighted by molar-refractivity contribution is 0.0701. The highest BCUT2D eigenvalue weighted by Gasteiger charge is 2.31. The predicted molar refractivity (Wildman–Crippen MR) is 106 cm³/mol. The lowest BCUT2D eigenvalue weighted by Gasteiger charge is -2.34. The Balaban J connectivity index is 1.67. The minimum atomic E-state index is -0.260. The fourth-order valence-corrected chi connectivity index (χ4v) is 4.52. The standard InChI is InChI=1S/C21H26N4O3/c1-13-8-9-16(20(27)23(13)3)21(28)24-10-4-6-15(12-24)18-14(2)19(26)22-17-7-5-11-25(17)18/h8-9,15H,4-7,10-12H2,1-3H3. The molecule has 2 aliphatic heterocycles. The molecule has 4 heterocycles. The molecular formula is C21H26N4O3. The number of likely N-dealkylation sites (tertiary alicyclic amines) is 1. The van der Waals surface area contributed by atoms with Gasteiger partial charge in [-0.05, 0) is 45.2 Å². The largest absolute Gasteiger partial charge is 0.338 e. The summed E-state index contributed by atoms with van der Waals surface area (Å²) in [5, 5.41) is 0. The molecule has 1 unspecified atom stereocenters. The topological polar surface area (TPSA) is 77.2 Å². The summed E-state index contributed by atoms with van der Waals surface area (Å²) in [5.74, 6) is 0.738. The quantitative estimate of drug-likeness (QED) is 0.789. The highest BCUT2D eigenvalue weighted by molar-refractivity contribution is 5.94. The molecule has 1 amide bonds. The molecular weight excluding hydrogens is 356 g/mol. The van der Waals surface area contributed by atoms with Crippen LogP contribution in [0, 0.1) is 13.8 Å². The Bertz CT molecular complexity index is 1070. The first-order valence-corrected chi connectivity index (χ1v) is 9.94. The van der Waals surface area contributed by atoms with Gasteiger partial charge >= 0.3 is 0 Å². The molecule has 0 aliphatic carbocycles. The summed E-state index contributed by atoms with van der Waals surface area (Å²) in [6, 6.07) is 3.43. The molecule has 0 N–H and O–H groups in total. The van der Waals surface area contributed by atoms with E-state index in [-0.39, 0.29) is 28.5 Å². The monoisotopic (exact) mass is 382 g/mol. The summed E-state index contributed by atoms with van der Waals surface area (Å²) in [6.07, 6.45) is 3.61. The van der Waals surface area contributed by atoms with Gasteiger partial charge in [0.25, 0.3) is 17.0 Å². The number of aryl methyl sites for hydroxylation is 2. The molecule has 0 aromatic carbocycles. The average molecular weight is 382 g/mol. The van der Waals surface area contributed by atoms with Crippen LogP contribution in [0.1, 0.15) is 58.3 Å². The maximum Gasteiger partial charge on any atom is 0.276 e. The van der Waals surface area contributed by atoms with Gasteiger partial charge in [-0.15, -0.1) is 0 Å². The normalized spacial score (nSPS) is 19.0. The van der Waals surface area contributed by atoms with Crippen molar-refractivity contribution >= 4 is 5.91 Å². The van der Waals surface area contributed by atoms with Crippen LogP contribution in [0.3, 0.4) is 0 Å². The first-order valence-electron chi connectivity index (χ1n) is 9.94. The lowest BCUT2D eigenvalue weighted by atomic mass is 9.91. The Kier molecular flexibility index (Phi) is 4.69. The van der Waals surface area contributed by atoms with Gasteiger partial charge in [-0.2, -0.15) is 4.98 Å². The van der Waals surface area contributed by atoms with Gasteiger partial charge in [-0.1, -0.05) is 0 Å². The van der Waals surface area contributed by atoms with Gasteiger partial charge in [0.15, 0.2) is 0 Å². The summed E-state index contributed by atoms with van der Waals surface area (Å²) >= 11 is 0. The number of fused-ring (bicyclic) bond motifs is 1. The van der Waals surface area contributed by atoms with Crippen LogP contribution < -0.4 is 11.1 Å². The Morgan fingerprint density at radius 2 is 1.93 bits per heavy atom. The molecule has 148 valence electrons. The van der Waals surface area contributed by atoms with Crippen molar-refractivity contribution in [2.45, 2.75) is 52.0 Å². The number of rotatable bonds is 2. The van der Waals surface area contributed by atoms with E-state index in [1.807, 2.05) is 13.8 Å². The Morgan fingerprint density at radius 3 is 2.71 bits per heavy atom. The van der Waals surface area contributed by atoms with E-state index in [1.165, 1.54) is 4.57 Å². The van der Waals surface area contributed by atoms with Gasteiger partial charge in [0.05, 0.1) is 0 Å². The van der Waals surface area contributed by atoms with E-state index >= 15 is 0 Å². The van der Waals surface area contributed by atoms with Crippen LogP contribution in [0.5, 0.6) is 0 Å². The van der Waals surface area contributed by atoms with Crippen molar-refractivity contribution < 1.29 is 4.79 Å². The highest BCUT2D eigenvalue weighted by atomic mass is 16.2. The van der Waals surface area contributed by atoms with E-state index in [0.717, 1.165) is 49.4 Å². The summed E-state index contributed by atoms with van der Waals surface area (Å²) in [4.78, 5) is 44.0. The maximum atomic E-state index is 13.1. The van der Waals surface area contributed by atoms with Crippen LogP contribution in [0.25, 0.3) is 0 Å². The maximum absolute atomic E-state index is 13.1. The number of hydrogen-bond donors (Lipinski definition) is 0. The van der Waals surface area contributed by atoms with Crippen LogP contribution in [-0.4, -0.2) is 38.0 Å². The number of piperidine rings is 1. The minimum Gasteiger partial charge on any atom is -0.338 e.